The van der Waals surface area contributed by atoms with Crippen LogP contribution in [0.15, 0.2) is 12.3 Å². The summed E-state index contributed by atoms with van der Waals surface area (Å²) < 4.78 is 6.16. The van der Waals surface area contributed by atoms with Crippen molar-refractivity contribution in [2.75, 3.05) is 13.1 Å². The molecule has 0 atom stereocenters. The first kappa shape index (κ1) is 14.3. The van der Waals surface area contributed by atoms with Crippen LogP contribution >= 0.6 is 0 Å². The van der Waals surface area contributed by atoms with Gasteiger partial charge in [-0.25, -0.2) is 4.79 Å². The van der Waals surface area contributed by atoms with Gasteiger partial charge in [0.2, 0.25) is 0 Å². The second-order valence-electron chi connectivity index (χ2n) is 7.00. The Balaban J connectivity index is 1.99. The van der Waals surface area contributed by atoms with Crippen molar-refractivity contribution in [1.29, 1.82) is 0 Å². The molecule has 114 valence electrons. The van der Waals surface area contributed by atoms with Gasteiger partial charge in [-0.3, -0.25) is 4.98 Å². The maximum atomic E-state index is 11.1. The second-order valence-corrected chi connectivity index (χ2v) is 7.00. The van der Waals surface area contributed by atoms with Gasteiger partial charge in [0.25, 0.3) is 0 Å². The minimum Gasteiger partial charge on any atom is -0.465 e. The van der Waals surface area contributed by atoms with Crippen molar-refractivity contribution < 1.29 is 14.6 Å². The molecular formula is C16H22N2O3. The zero-order valence-corrected chi connectivity index (χ0v) is 12.8. The van der Waals surface area contributed by atoms with Gasteiger partial charge in [0, 0.05) is 30.3 Å². The molecule has 0 saturated carbocycles. The number of carbonyl (C=O) groups is 1. The number of fused-ring (bicyclic) bond motifs is 2. The molecule has 1 saturated heterocycles. The van der Waals surface area contributed by atoms with Crippen molar-refractivity contribution in [2.45, 2.75) is 51.2 Å². The molecule has 0 aromatic carbocycles. The number of nitrogens with zero attached hydrogens (tertiary/aromatic N) is 2. The van der Waals surface area contributed by atoms with Crippen LogP contribution in [0.4, 0.5) is 4.79 Å². The third-order valence-corrected chi connectivity index (χ3v) is 4.55. The first-order valence-corrected chi connectivity index (χ1v) is 7.44. The average molecular weight is 290 g/mol. The van der Waals surface area contributed by atoms with Gasteiger partial charge in [0.05, 0.1) is 17.9 Å². The number of hydrogen-bond acceptors (Lipinski definition) is 3. The minimum absolute atomic E-state index is 0.0457. The number of amides is 1. The van der Waals surface area contributed by atoms with Crippen LogP contribution in [-0.2, 0) is 22.4 Å². The molecule has 0 bridgehead atoms. The Morgan fingerprint density at radius 1 is 1.38 bits per heavy atom. The van der Waals surface area contributed by atoms with Crippen LogP contribution in [0.25, 0.3) is 0 Å². The Morgan fingerprint density at radius 2 is 2.05 bits per heavy atom. The van der Waals surface area contributed by atoms with E-state index in [0.29, 0.717) is 32.5 Å². The van der Waals surface area contributed by atoms with Gasteiger partial charge in [-0.2, -0.15) is 0 Å². The Kier molecular flexibility index (Phi) is 3.20. The highest BCUT2D eigenvalue weighted by atomic mass is 16.5. The van der Waals surface area contributed by atoms with E-state index in [9.17, 15) is 4.79 Å². The topological polar surface area (TPSA) is 62.7 Å². The Bertz CT molecular complexity index is 569. The third-order valence-electron chi connectivity index (χ3n) is 4.55. The molecule has 1 spiro atoms. The number of hydrogen-bond donors (Lipinski definition) is 1. The van der Waals surface area contributed by atoms with Gasteiger partial charge in [-0.1, -0.05) is 20.8 Å². The lowest BCUT2D eigenvalue weighted by Gasteiger charge is -2.39. The van der Waals surface area contributed by atoms with Gasteiger partial charge < -0.3 is 14.7 Å². The molecule has 3 heterocycles. The number of rotatable bonds is 0. The SMILES string of the molecule is CC(C)(C)c1nccc2c1C1(CCN(C(=O)O)CC1)OC2. The van der Waals surface area contributed by atoms with Crippen molar-refractivity contribution in [1.82, 2.24) is 9.88 Å². The summed E-state index contributed by atoms with van der Waals surface area (Å²) in [7, 11) is 0. The van der Waals surface area contributed by atoms with Crippen LogP contribution in [-0.4, -0.2) is 34.2 Å². The van der Waals surface area contributed by atoms with E-state index in [1.54, 1.807) is 0 Å². The molecule has 0 aliphatic carbocycles. The summed E-state index contributed by atoms with van der Waals surface area (Å²) in [6.07, 6.45) is 2.43. The molecule has 0 unspecified atom stereocenters. The zero-order valence-electron chi connectivity index (χ0n) is 12.8. The summed E-state index contributed by atoms with van der Waals surface area (Å²) in [6, 6.07) is 2.03. The third kappa shape index (κ3) is 2.29. The molecule has 5 heteroatoms. The summed E-state index contributed by atoms with van der Waals surface area (Å²) in [4.78, 5) is 17.2. The molecule has 3 rings (SSSR count). The van der Waals surface area contributed by atoms with Crippen LogP contribution in [0, 0.1) is 0 Å². The number of piperidine rings is 1. The highest BCUT2D eigenvalue weighted by Gasteiger charge is 2.46. The first-order valence-electron chi connectivity index (χ1n) is 7.44. The Morgan fingerprint density at radius 3 is 2.62 bits per heavy atom. The van der Waals surface area contributed by atoms with E-state index in [4.69, 9.17) is 9.84 Å². The largest absolute Gasteiger partial charge is 0.465 e. The van der Waals surface area contributed by atoms with E-state index in [0.717, 1.165) is 5.69 Å². The fourth-order valence-corrected chi connectivity index (χ4v) is 3.44. The van der Waals surface area contributed by atoms with Gasteiger partial charge in [0.15, 0.2) is 0 Å². The van der Waals surface area contributed by atoms with Crippen LogP contribution in [0.3, 0.4) is 0 Å². The van der Waals surface area contributed by atoms with E-state index in [2.05, 4.69) is 25.8 Å². The van der Waals surface area contributed by atoms with Crippen LogP contribution < -0.4 is 0 Å². The predicted molar refractivity (Wildman–Crippen MR) is 78.2 cm³/mol. The Labute approximate surface area is 124 Å². The van der Waals surface area contributed by atoms with Gasteiger partial charge >= 0.3 is 6.09 Å². The van der Waals surface area contributed by atoms with E-state index in [1.165, 1.54) is 16.0 Å². The average Bonchev–Trinajstić information content (AvgIpc) is 2.77. The maximum absolute atomic E-state index is 11.1. The molecule has 2 aliphatic rings. The van der Waals surface area contributed by atoms with E-state index < -0.39 is 6.09 Å². The minimum atomic E-state index is -0.842. The highest BCUT2D eigenvalue weighted by molar-refractivity contribution is 5.65. The Hall–Kier alpha value is -1.62. The van der Waals surface area contributed by atoms with Crippen molar-refractivity contribution in [3.8, 4) is 0 Å². The van der Waals surface area contributed by atoms with Gasteiger partial charge in [0.1, 0.15) is 0 Å². The van der Waals surface area contributed by atoms with Crippen LogP contribution in [0.5, 0.6) is 0 Å². The summed E-state index contributed by atoms with van der Waals surface area (Å²) >= 11 is 0. The van der Waals surface area contributed by atoms with Crippen molar-refractivity contribution >= 4 is 6.09 Å². The molecular weight excluding hydrogens is 268 g/mol. The number of ether oxygens (including phenoxy) is 1. The monoisotopic (exact) mass is 290 g/mol. The molecule has 1 fully saturated rings. The molecule has 21 heavy (non-hydrogen) atoms. The van der Waals surface area contributed by atoms with E-state index in [1.807, 2.05) is 12.3 Å². The lowest BCUT2D eigenvalue weighted by molar-refractivity contribution is -0.0758. The zero-order chi connectivity index (χ0) is 15.3. The molecule has 1 aromatic heterocycles. The first-order chi connectivity index (χ1) is 9.83. The van der Waals surface area contributed by atoms with E-state index in [-0.39, 0.29) is 11.0 Å². The van der Waals surface area contributed by atoms with Crippen molar-refractivity contribution in [2.24, 2.45) is 0 Å². The maximum Gasteiger partial charge on any atom is 0.407 e. The number of likely N-dealkylation sites (tertiary alicyclic amines) is 1. The molecule has 0 radical (unpaired) electrons. The highest BCUT2D eigenvalue weighted by Crippen LogP contribution is 2.47. The predicted octanol–water partition coefficient (Wildman–Crippen LogP) is 2.88. The summed E-state index contributed by atoms with van der Waals surface area (Å²) in [6.45, 7) is 8.13. The summed E-state index contributed by atoms with van der Waals surface area (Å²) in [5, 5.41) is 9.12. The molecule has 5 nitrogen and oxygen atoms in total. The number of aromatic nitrogens is 1. The standard InChI is InChI=1S/C16H22N2O3/c1-15(2,3)13-12-11(4-7-17-13)10-21-16(12)5-8-18(9-6-16)14(19)20/h4,7H,5-6,8-10H2,1-3H3,(H,19,20). The molecule has 1 N–H and O–H groups in total. The number of carboxylic acid groups (broad SMARTS) is 1. The fourth-order valence-electron chi connectivity index (χ4n) is 3.44. The van der Waals surface area contributed by atoms with Crippen molar-refractivity contribution in [3.05, 3.63) is 29.1 Å². The van der Waals surface area contributed by atoms with Gasteiger partial charge in [-0.15, -0.1) is 0 Å². The van der Waals surface area contributed by atoms with Crippen molar-refractivity contribution in [3.63, 3.8) is 0 Å². The molecule has 1 aromatic rings. The van der Waals surface area contributed by atoms with Crippen LogP contribution in [0.1, 0.15) is 50.4 Å². The number of pyridine rings is 1. The molecule has 1 amide bonds. The summed E-state index contributed by atoms with van der Waals surface area (Å²) in [5.74, 6) is 0. The second kappa shape index (κ2) is 4.70. The van der Waals surface area contributed by atoms with Gasteiger partial charge in [-0.05, 0) is 24.5 Å². The quantitative estimate of drug-likeness (QED) is 0.798. The fraction of sp³-hybridized carbons (Fsp3) is 0.625. The lowest BCUT2D eigenvalue weighted by Crippen LogP contribution is -2.45. The smallest absolute Gasteiger partial charge is 0.407 e. The van der Waals surface area contributed by atoms with E-state index >= 15 is 0 Å². The summed E-state index contributed by atoms with van der Waals surface area (Å²) in [5.41, 5.74) is 3.11. The molecule has 2 aliphatic heterocycles. The normalized spacial score (nSPS) is 20.6. The van der Waals surface area contributed by atoms with Crippen LogP contribution in [0.2, 0.25) is 0 Å². The lowest BCUT2D eigenvalue weighted by atomic mass is 9.77.